The van der Waals surface area contributed by atoms with Crippen molar-refractivity contribution in [3.05, 3.63) is 88.1 Å². The van der Waals surface area contributed by atoms with Gasteiger partial charge in [0.05, 0.1) is 13.2 Å². The summed E-state index contributed by atoms with van der Waals surface area (Å²) < 4.78 is 10.3. The summed E-state index contributed by atoms with van der Waals surface area (Å²) in [5.41, 5.74) is 1.27. The van der Waals surface area contributed by atoms with Crippen molar-refractivity contribution in [3.8, 4) is 5.75 Å². The molecule has 1 heterocycles. The van der Waals surface area contributed by atoms with Crippen molar-refractivity contribution in [1.29, 1.82) is 0 Å². The van der Waals surface area contributed by atoms with Gasteiger partial charge in [-0.25, -0.2) is 4.79 Å². The second-order valence-corrected chi connectivity index (χ2v) is 6.68. The molecule has 27 heavy (non-hydrogen) atoms. The standard InChI is InChI=1S/C21H19NO4S/c1-25-21(24)16-10-5-6-11-17(16)26-14-19(23)22-20(18-12-7-13-27-18)15-8-3-2-4-9-15/h2-13,20H,14H2,1H3,(H,22,23)/t20-/m0/s1. The summed E-state index contributed by atoms with van der Waals surface area (Å²) in [5, 5.41) is 4.97. The van der Waals surface area contributed by atoms with E-state index in [1.807, 2.05) is 47.8 Å². The highest BCUT2D eigenvalue weighted by Gasteiger charge is 2.19. The fraction of sp³-hybridized carbons (Fsp3) is 0.143. The van der Waals surface area contributed by atoms with Crippen molar-refractivity contribution in [3.63, 3.8) is 0 Å². The number of amides is 1. The Hall–Kier alpha value is -3.12. The van der Waals surface area contributed by atoms with Crippen LogP contribution in [0.3, 0.4) is 0 Å². The number of para-hydroxylation sites is 1. The maximum atomic E-state index is 12.5. The highest BCUT2D eigenvalue weighted by molar-refractivity contribution is 7.10. The van der Waals surface area contributed by atoms with Crippen LogP contribution in [0.2, 0.25) is 0 Å². The van der Waals surface area contributed by atoms with Gasteiger partial charge in [0, 0.05) is 4.88 Å². The number of carbonyl (C=O) groups is 2. The van der Waals surface area contributed by atoms with Crippen molar-refractivity contribution >= 4 is 23.2 Å². The topological polar surface area (TPSA) is 64.6 Å². The Balaban J connectivity index is 1.70. The van der Waals surface area contributed by atoms with E-state index in [4.69, 9.17) is 9.47 Å². The van der Waals surface area contributed by atoms with Gasteiger partial charge in [-0.2, -0.15) is 0 Å². The second kappa shape index (κ2) is 9.00. The van der Waals surface area contributed by atoms with Gasteiger partial charge in [0.25, 0.3) is 5.91 Å². The molecule has 0 saturated heterocycles. The van der Waals surface area contributed by atoms with Gasteiger partial charge in [0.2, 0.25) is 0 Å². The van der Waals surface area contributed by atoms with E-state index >= 15 is 0 Å². The van der Waals surface area contributed by atoms with Gasteiger partial charge in [0.15, 0.2) is 6.61 Å². The molecule has 0 spiro atoms. The molecule has 0 saturated carbocycles. The first-order valence-corrected chi connectivity index (χ1v) is 9.25. The van der Waals surface area contributed by atoms with E-state index in [1.54, 1.807) is 35.6 Å². The number of hydrogen-bond donors (Lipinski definition) is 1. The van der Waals surface area contributed by atoms with Crippen molar-refractivity contribution in [2.75, 3.05) is 13.7 Å². The molecule has 0 aliphatic heterocycles. The summed E-state index contributed by atoms with van der Waals surface area (Å²) in [6, 6.07) is 20.1. The van der Waals surface area contributed by atoms with Crippen molar-refractivity contribution in [1.82, 2.24) is 5.32 Å². The van der Waals surface area contributed by atoms with Gasteiger partial charge in [0.1, 0.15) is 11.3 Å². The number of ether oxygens (including phenoxy) is 2. The molecule has 5 nitrogen and oxygen atoms in total. The Labute approximate surface area is 161 Å². The summed E-state index contributed by atoms with van der Waals surface area (Å²) in [7, 11) is 1.30. The largest absolute Gasteiger partial charge is 0.483 e. The maximum absolute atomic E-state index is 12.5. The van der Waals surface area contributed by atoms with Crippen molar-refractivity contribution in [2.24, 2.45) is 0 Å². The molecule has 6 heteroatoms. The highest BCUT2D eigenvalue weighted by atomic mass is 32.1. The first kappa shape index (κ1) is 18.7. The number of methoxy groups -OCH3 is 1. The number of rotatable bonds is 7. The molecule has 0 radical (unpaired) electrons. The van der Waals surface area contributed by atoms with E-state index in [-0.39, 0.29) is 24.1 Å². The van der Waals surface area contributed by atoms with Gasteiger partial charge in [-0.05, 0) is 29.1 Å². The third kappa shape index (κ3) is 4.74. The first-order chi connectivity index (χ1) is 13.2. The Morgan fingerprint density at radius 3 is 2.44 bits per heavy atom. The zero-order valence-electron chi connectivity index (χ0n) is 14.8. The maximum Gasteiger partial charge on any atom is 0.341 e. The first-order valence-electron chi connectivity index (χ1n) is 8.37. The molecule has 0 aliphatic rings. The fourth-order valence-electron chi connectivity index (χ4n) is 2.64. The minimum atomic E-state index is -0.508. The molecule has 3 rings (SSSR count). The van der Waals surface area contributed by atoms with Crippen LogP contribution in [-0.4, -0.2) is 25.6 Å². The fourth-order valence-corrected chi connectivity index (χ4v) is 3.44. The molecule has 1 N–H and O–H groups in total. The van der Waals surface area contributed by atoms with Crippen LogP contribution in [0.4, 0.5) is 0 Å². The van der Waals surface area contributed by atoms with Crippen LogP contribution in [0, 0.1) is 0 Å². The summed E-state index contributed by atoms with van der Waals surface area (Å²) in [6.45, 7) is -0.206. The van der Waals surface area contributed by atoms with Crippen LogP contribution < -0.4 is 10.1 Å². The third-order valence-electron chi connectivity index (χ3n) is 3.92. The van der Waals surface area contributed by atoms with Crippen LogP contribution in [-0.2, 0) is 9.53 Å². The minimum absolute atomic E-state index is 0.206. The zero-order valence-corrected chi connectivity index (χ0v) is 15.6. The van der Waals surface area contributed by atoms with Gasteiger partial charge in [-0.1, -0.05) is 48.5 Å². The molecule has 2 aromatic carbocycles. The lowest BCUT2D eigenvalue weighted by molar-refractivity contribution is -0.123. The van der Waals surface area contributed by atoms with E-state index < -0.39 is 5.97 Å². The van der Waals surface area contributed by atoms with Gasteiger partial charge in [-0.3, -0.25) is 4.79 Å². The number of esters is 1. The highest BCUT2D eigenvalue weighted by Crippen LogP contribution is 2.26. The SMILES string of the molecule is COC(=O)c1ccccc1OCC(=O)N[C@@H](c1ccccc1)c1cccs1. The Bertz CT molecular complexity index is 894. The van der Waals surface area contributed by atoms with Gasteiger partial charge in [-0.15, -0.1) is 11.3 Å². The quantitative estimate of drug-likeness (QED) is 0.632. The van der Waals surface area contributed by atoms with Gasteiger partial charge < -0.3 is 14.8 Å². The van der Waals surface area contributed by atoms with Gasteiger partial charge >= 0.3 is 5.97 Å². The molecule has 0 aliphatic carbocycles. The van der Waals surface area contributed by atoms with E-state index in [1.165, 1.54) is 7.11 Å². The van der Waals surface area contributed by atoms with Crippen LogP contribution in [0.15, 0.2) is 72.1 Å². The Morgan fingerprint density at radius 1 is 1.00 bits per heavy atom. The smallest absolute Gasteiger partial charge is 0.341 e. The predicted molar refractivity (Wildman–Crippen MR) is 104 cm³/mol. The van der Waals surface area contributed by atoms with E-state index in [0.29, 0.717) is 5.75 Å². The molecule has 1 aromatic heterocycles. The number of hydrogen-bond acceptors (Lipinski definition) is 5. The van der Waals surface area contributed by atoms with E-state index in [2.05, 4.69) is 5.32 Å². The molecular weight excluding hydrogens is 362 g/mol. The molecule has 1 amide bonds. The molecule has 0 unspecified atom stereocenters. The molecular formula is C21H19NO4S. The lowest BCUT2D eigenvalue weighted by Gasteiger charge is -2.18. The molecule has 138 valence electrons. The van der Waals surface area contributed by atoms with Crippen LogP contribution in [0.5, 0.6) is 5.75 Å². The normalized spacial score (nSPS) is 11.4. The Kier molecular flexibility index (Phi) is 6.22. The lowest BCUT2D eigenvalue weighted by atomic mass is 10.1. The number of thiophene rings is 1. The average molecular weight is 381 g/mol. The van der Waals surface area contributed by atoms with E-state index in [9.17, 15) is 9.59 Å². The summed E-state index contributed by atoms with van der Waals surface area (Å²) >= 11 is 1.57. The monoisotopic (exact) mass is 381 g/mol. The third-order valence-corrected chi connectivity index (χ3v) is 4.85. The number of carbonyl (C=O) groups excluding carboxylic acids is 2. The van der Waals surface area contributed by atoms with Crippen LogP contribution in [0.1, 0.15) is 26.8 Å². The molecule has 3 aromatic rings. The Morgan fingerprint density at radius 2 is 1.74 bits per heavy atom. The van der Waals surface area contributed by atoms with Crippen LogP contribution >= 0.6 is 11.3 Å². The molecule has 0 fully saturated rings. The summed E-state index contributed by atoms with van der Waals surface area (Å²) in [5.74, 6) is -0.476. The van der Waals surface area contributed by atoms with Crippen LogP contribution in [0.25, 0.3) is 0 Å². The molecule has 0 bridgehead atoms. The lowest BCUT2D eigenvalue weighted by Crippen LogP contribution is -2.33. The summed E-state index contributed by atoms with van der Waals surface area (Å²) in [4.78, 5) is 25.3. The minimum Gasteiger partial charge on any atom is -0.483 e. The van der Waals surface area contributed by atoms with Crippen molar-refractivity contribution in [2.45, 2.75) is 6.04 Å². The summed E-state index contributed by atoms with van der Waals surface area (Å²) in [6.07, 6.45) is 0. The average Bonchev–Trinajstić information content (AvgIpc) is 3.25. The molecule has 1 atom stereocenters. The number of benzene rings is 2. The van der Waals surface area contributed by atoms with E-state index in [0.717, 1.165) is 10.4 Å². The van der Waals surface area contributed by atoms with Crippen molar-refractivity contribution < 1.29 is 19.1 Å². The number of nitrogens with one attached hydrogen (secondary N) is 1. The predicted octanol–water partition coefficient (Wildman–Crippen LogP) is 3.82. The zero-order chi connectivity index (χ0) is 19.1. The second-order valence-electron chi connectivity index (χ2n) is 5.70.